The minimum atomic E-state index is -0.879. The lowest BCUT2D eigenvalue weighted by atomic mass is 10.0. The summed E-state index contributed by atoms with van der Waals surface area (Å²) in [5.74, 6) is -0.121. The lowest BCUT2D eigenvalue weighted by molar-refractivity contribution is -0.273. The molecule has 0 spiro atoms. The largest absolute Gasteiger partial charge is 0.457 e. The third-order valence-corrected chi connectivity index (χ3v) is 5.71. The molecule has 0 bridgehead atoms. The Morgan fingerprint density at radius 2 is 1.81 bits per heavy atom. The van der Waals surface area contributed by atoms with Crippen LogP contribution >= 0.6 is 0 Å². The van der Waals surface area contributed by atoms with E-state index < -0.39 is 30.7 Å². The number of carbonyl (C=O) groups excluding carboxylic acids is 2. The third kappa shape index (κ3) is 8.98. The molecule has 7 heteroatoms. The lowest BCUT2D eigenvalue weighted by Gasteiger charge is -2.36. The summed E-state index contributed by atoms with van der Waals surface area (Å²) in [6.07, 6.45) is 0.442. The maximum atomic E-state index is 12.5. The minimum absolute atomic E-state index is 0.185. The Labute approximate surface area is 191 Å². The molecule has 1 fully saturated rings. The molecule has 1 aromatic carbocycles. The molecule has 32 heavy (non-hydrogen) atoms. The molecule has 2 unspecified atom stereocenters. The molecule has 2 rings (SSSR count). The van der Waals surface area contributed by atoms with Gasteiger partial charge in [-0.05, 0) is 45.1 Å². The molecule has 0 aromatic heterocycles. The van der Waals surface area contributed by atoms with E-state index in [0.29, 0.717) is 32.1 Å². The Hall–Kier alpha value is -1.80. The smallest absolute Gasteiger partial charge is 0.306 e. The van der Waals surface area contributed by atoms with Crippen molar-refractivity contribution in [3.05, 3.63) is 35.9 Å². The highest BCUT2D eigenvalue weighted by atomic mass is 16.7. The van der Waals surface area contributed by atoms with Crippen LogP contribution in [0.15, 0.2) is 30.3 Å². The molecule has 1 aliphatic rings. The number of esters is 1. The minimum Gasteiger partial charge on any atom is -0.457 e. The molecular weight excluding hydrogens is 412 g/mol. The molecule has 6 atom stereocenters. The Morgan fingerprint density at radius 1 is 1.09 bits per heavy atom. The molecule has 0 aliphatic carbocycles. The van der Waals surface area contributed by atoms with Gasteiger partial charge in [-0.25, -0.2) is 0 Å². The fourth-order valence-corrected chi connectivity index (χ4v) is 3.77. The third-order valence-electron chi connectivity index (χ3n) is 5.71. The SMILES string of the molecule is CCCC(=O)CC[C@H](OC(=O)CCC[C@@H](C)O[C@@H]1OC(C)[C@H](O)CC1O)c1ccccc1. The molecule has 0 amide bonds. The molecule has 1 heterocycles. The van der Waals surface area contributed by atoms with E-state index in [1.54, 1.807) is 6.92 Å². The monoisotopic (exact) mass is 450 g/mol. The van der Waals surface area contributed by atoms with Crippen LogP contribution in [-0.2, 0) is 23.8 Å². The molecular formula is C25H38O7. The summed E-state index contributed by atoms with van der Waals surface area (Å²) in [6, 6.07) is 9.51. The number of rotatable bonds is 13. The second-order valence-corrected chi connectivity index (χ2v) is 8.64. The van der Waals surface area contributed by atoms with Crippen LogP contribution in [0.5, 0.6) is 0 Å². The van der Waals surface area contributed by atoms with Crippen LogP contribution in [0.2, 0.25) is 0 Å². The van der Waals surface area contributed by atoms with Crippen LogP contribution in [0.25, 0.3) is 0 Å². The summed E-state index contributed by atoms with van der Waals surface area (Å²) in [6.45, 7) is 5.58. The number of hydrogen-bond donors (Lipinski definition) is 2. The van der Waals surface area contributed by atoms with E-state index in [2.05, 4.69) is 0 Å². The molecule has 2 N–H and O–H groups in total. The summed E-state index contributed by atoms with van der Waals surface area (Å²) in [5.41, 5.74) is 0.890. The first-order valence-corrected chi connectivity index (χ1v) is 11.7. The highest BCUT2D eigenvalue weighted by molar-refractivity contribution is 5.78. The van der Waals surface area contributed by atoms with Gasteiger partial charge in [-0.1, -0.05) is 37.3 Å². The van der Waals surface area contributed by atoms with E-state index in [-0.39, 0.29) is 30.7 Å². The Kier molecular flexibility index (Phi) is 11.3. The number of aliphatic hydroxyl groups excluding tert-OH is 2. The molecule has 1 saturated heterocycles. The van der Waals surface area contributed by atoms with Gasteiger partial charge in [-0.3, -0.25) is 9.59 Å². The summed E-state index contributed by atoms with van der Waals surface area (Å²) in [4.78, 5) is 24.4. The van der Waals surface area contributed by atoms with Gasteiger partial charge in [0.25, 0.3) is 0 Å². The second-order valence-electron chi connectivity index (χ2n) is 8.64. The van der Waals surface area contributed by atoms with Crippen LogP contribution in [0.1, 0.15) is 83.8 Å². The Bertz CT molecular complexity index is 693. The maximum absolute atomic E-state index is 12.5. The van der Waals surface area contributed by atoms with Gasteiger partial charge in [0.2, 0.25) is 0 Å². The fraction of sp³-hybridized carbons (Fsp3) is 0.680. The van der Waals surface area contributed by atoms with Crippen molar-refractivity contribution in [2.24, 2.45) is 0 Å². The summed E-state index contributed by atoms with van der Waals surface area (Å²) >= 11 is 0. The van der Waals surface area contributed by atoms with E-state index in [0.717, 1.165) is 12.0 Å². The van der Waals surface area contributed by atoms with Gasteiger partial charge in [0, 0.05) is 25.7 Å². The lowest BCUT2D eigenvalue weighted by Crippen LogP contribution is -2.48. The zero-order valence-electron chi connectivity index (χ0n) is 19.4. The maximum Gasteiger partial charge on any atom is 0.306 e. The van der Waals surface area contributed by atoms with Crippen LogP contribution in [0, 0.1) is 0 Å². The van der Waals surface area contributed by atoms with E-state index in [9.17, 15) is 19.8 Å². The topological polar surface area (TPSA) is 102 Å². The highest BCUT2D eigenvalue weighted by Gasteiger charge is 2.35. The number of benzene rings is 1. The van der Waals surface area contributed by atoms with Gasteiger partial charge < -0.3 is 24.4 Å². The van der Waals surface area contributed by atoms with Gasteiger partial charge in [0.15, 0.2) is 6.29 Å². The molecule has 1 aromatic rings. The Morgan fingerprint density at radius 3 is 2.50 bits per heavy atom. The number of aliphatic hydroxyl groups is 2. The van der Waals surface area contributed by atoms with Crippen LogP contribution in [-0.4, -0.2) is 52.7 Å². The van der Waals surface area contributed by atoms with Crippen LogP contribution in [0.4, 0.5) is 0 Å². The molecule has 0 saturated carbocycles. The fourth-order valence-electron chi connectivity index (χ4n) is 3.77. The van der Waals surface area contributed by atoms with Crippen molar-refractivity contribution in [3.63, 3.8) is 0 Å². The van der Waals surface area contributed by atoms with Crippen molar-refractivity contribution >= 4 is 11.8 Å². The van der Waals surface area contributed by atoms with Gasteiger partial charge in [-0.15, -0.1) is 0 Å². The zero-order chi connectivity index (χ0) is 23.5. The predicted molar refractivity (Wildman–Crippen MR) is 120 cm³/mol. The summed E-state index contributed by atoms with van der Waals surface area (Å²) in [5, 5.41) is 19.8. The second kappa shape index (κ2) is 13.7. The number of carbonyl (C=O) groups is 2. The van der Waals surface area contributed by atoms with Crippen molar-refractivity contribution in [2.75, 3.05) is 0 Å². The summed E-state index contributed by atoms with van der Waals surface area (Å²) < 4.78 is 17.0. The van der Waals surface area contributed by atoms with Crippen molar-refractivity contribution in [2.45, 2.75) is 109 Å². The van der Waals surface area contributed by atoms with Crippen molar-refractivity contribution in [1.29, 1.82) is 0 Å². The van der Waals surface area contributed by atoms with E-state index in [1.807, 2.05) is 44.2 Å². The average Bonchev–Trinajstić information content (AvgIpc) is 2.75. The first kappa shape index (κ1) is 26.5. The van der Waals surface area contributed by atoms with Gasteiger partial charge in [0.1, 0.15) is 18.0 Å². The molecule has 180 valence electrons. The zero-order valence-corrected chi connectivity index (χ0v) is 19.4. The molecule has 7 nitrogen and oxygen atoms in total. The van der Waals surface area contributed by atoms with Crippen molar-refractivity contribution < 1.29 is 34.0 Å². The van der Waals surface area contributed by atoms with E-state index >= 15 is 0 Å². The quantitative estimate of drug-likeness (QED) is 0.440. The number of hydrogen-bond acceptors (Lipinski definition) is 7. The number of ketones is 1. The Balaban J connectivity index is 1.77. The van der Waals surface area contributed by atoms with E-state index in [4.69, 9.17) is 14.2 Å². The summed E-state index contributed by atoms with van der Waals surface area (Å²) in [7, 11) is 0. The first-order chi connectivity index (χ1) is 15.3. The molecule has 0 radical (unpaired) electrons. The predicted octanol–water partition coefficient (Wildman–Crippen LogP) is 3.85. The van der Waals surface area contributed by atoms with Crippen LogP contribution < -0.4 is 0 Å². The number of Topliss-reactive ketones (excluding diaryl/α,β-unsaturated/α-hetero) is 1. The van der Waals surface area contributed by atoms with Gasteiger partial charge in [-0.2, -0.15) is 0 Å². The molecule has 1 aliphatic heterocycles. The normalized spacial score (nSPS) is 25.2. The van der Waals surface area contributed by atoms with E-state index in [1.165, 1.54) is 0 Å². The van der Waals surface area contributed by atoms with Gasteiger partial charge >= 0.3 is 5.97 Å². The first-order valence-electron chi connectivity index (χ1n) is 11.7. The average molecular weight is 451 g/mol. The van der Waals surface area contributed by atoms with Gasteiger partial charge in [0.05, 0.1) is 18.3 Å². The standard InChI is InChI=1S/C25H38O7/c1-4-9-20(26)14-15-23(19-11-6-5-7-12-19)32-24(29)13-8-10-17(2)30-25-22(28)16-21(27)18(3)31-25/h5-7,11-12,17-18,21-23,25,27-28H,4,8-10,13-16H2,1-3H3/t17-,18?,21-,22?,23+,25-/m1/s1. The van der Waals surface area contributed by atoms with Crippen LogP contribution in [0.3, 0.4) is 0 Å². The highest BCUT2D eigenvalue weighted by Crippen LogP contribution is 2.25. The van der Waals surface area contributed by atoms with Crippen molar-refractivity contribution in [3.8, 4) is 0 Å². The number of ether oxygens (including phenoxy) is 3. The van der Waals surface area contributed by atoms with Crippen molar-refractivity contribution in [1.82, 2.24) is 0 Å².